The summed E-state index contributed by atoms with van der Waals surface area (Å²) >= 11 is 5.95. The smallest absolute Gasteiger partial charge is 0.255 e. The number of aryl methyl sites for hydroxylation is 3. The number of aromatic nitrogens is 1. The molecule has 1 unspecified atom stereocenters. The molecule has 6 aromatic carbocycles. The average molecular weight is 921 g/mol. The Kier molecular flexibility index (Phi) is 24.3. The second-order valence-corrected chi connectivity index (χ2v) is 15.1. The number of carbonyl (C=O) groups excluding carboxylic acids is 3. The number of hydrogen-bond acceptors (Lipinski definition) is 6. The summed E-state index contributed by atoms with van der Waals surface area (Å²) in [5.41, 5.74) is 16.5. The van der Waals surface area contributed by atoms with Gasteiger partial charge in [-0.25, -0.2) is 4.98 Å². The first-order valence-corrected chi connectivity index (χ1v) is 20.5. The first kappa shape index (κ1) is 57.4. The number of amides is 3. The van der Waals surface area contributed by atoms with E-state index < -0.39 is 6.10 Å². The molecule has 0 spiro atoms. The van der Waals surface area contributed by atoms with Crippen molar-refractivity contribution in [1.82, 2.24) is 4.98 Å². The van der Waals surface area contributed by atoms with Gasteiger partial charge in [0.1, 0.15) is 5.82 Å². The summed E-state index contributed by atoms with van der Waals surface area (Å²) in [5.74, 6) is 0.0269. The lowest BCUT2D eigenvalue weighted by atomic mass is 10.1. The van der Waals surface area contributed by atoms with Gasteiger partial charge in [-0.3, -0.25) is 14.4 Å². The van der Waals surface area contributed by atoms with Gasteiger partial charge in [-0.1, -0.05) is 156 Å². The Hall–Kier alpha value is -7.59. The number of aliphatic hydroxyl groups excluding tert-OH is 1. The summed E-state index contributed by atoms with van der Waals surface area (Å²) in [6.45, 7) is 11.3. The molecule has 1 heterocycles. The van der Waals surface area contributed by atoms with Crippen LogP contribution in [0.3, 0.4) is 0 Å². The largest absolute Gasteiger partial charge is 0.389 e. The molecule has 0 aliphatic carbocycles. The van der Waals surface area contributed by atoms with E-state index in [9.17, 15) is 19.5 Å². The third-order valence-corrected chi connectivity index (χ3v) is 9.57. The summed E-state index contributed by atoms with van der Waals surface area (Å²) in [6, 6.07) is 46.5. The van der Waals surface area contributed by atoms with Crippen LogP contribution in [0.5, 0.6) is 0 Å². The maximum absolute atomic E-state index is 12.4. The van der Waals surface area contributed by atoms with Crippen molar-refractivity contribution >= 4 is 70.4 Å². The van der Waals surface area contributed by atoms with E-state index in [0.29, 0.717) is 33.2 Å². The molecule has 3 amide bonds. The van der Waals surface area contributed by atoms with E-state index in [4.69, 9.17) is 17.3 Å². The minimum Gasteiger partial charge on any atom is -0.389 e. The molecule has 350 valence electrons. The van der Waals surface area contributed by atoms with Crippen molar-refractivity contribution in [2.24, 2.45) is 0 Å². The fourth-order valence-corrected chi connectivity index (χ4v) is 6.26. The molecule has 67 heavy (non-hydrogen) atoms. The van der Waals surface area contributed by atoms with Gasteiger partial charge in [0, 0.05) is 45.5 Å². The molecule has 0 bridgehead atoms. The van der Waals surface area contributed by atoms with Crippen LogP contribution >= 0.6 is 11.6 Å². The third kappa shape index (κ3) is 18.4. The first-order chi connectivity index (χ1) is 30.3. The number of anilines is 4. The number of carbonyl (C=O) groups is 3. The lowest BCUT2D eigenvalue weighted by Crippen LogP contribution is -2.12. The van der Waals surface area contributed by atoms with Crippen molar-refractivity contribution in [2.75, 3.05) is 21.7 Å². The van der Waals surface area contributed by atoms with Gasteiger partial charge in [-0.15, -0.1) is 0 Å². The molecular weight excluding hydrogens is 854 g/mol. The molecule has 7 aromatic rings. The normalized spacial score (nSPS) is 10.2. The average Bonchev–Trinajstić information content (AvgIpc) is 3.27. The molecule has 9 nitrogen and oxygen atoms in total. The third-order valence-electron chi connectivity index (χ3n) is 9.36. The molecule has 0 aliphatic rings. The van der Waals surface area contributed by atoms with Crippen LogP contribution in [-0.2, 0) is 0 Å². The number of aliphatic hydroxyl groups is 1. The molecule has 1 aromatic heterocycles. The number of benzene rings is 6. The fraction of sp³-hybridized carbons (Fsp3) is 0.158. The topological polar surface area (TPSA) is 146 Å². The van der Waals surface area contributed by atoms with Crippen molar-refractivity contribution in [3.05, 3.63) is 225 Å². The predicted octanol–water partition coefficient (Wildman–Crippen LogP) is 14.8. The fourth-order valence-electron chi connectivity index (χ4n) is 6.09. The van der Waals surface area contributed by atoms with E-state index in [1.807, 2.05) is 148 Å². The second-order valence-electron chi connectivity index (χ2n) is 14.7. The first-order valence-electron chi connectivity index (χ1n) is 20.1. The van der Waals surface area contributed by atoms with E-state index in [1.54, 1.807) is 49.4 Å². The van der Waals surface area contributed by atoms with Crippen molar-refractivity contribution in [2.45, 2.75) is 63.5 Å². The Morgan fingerprint density at radius 1 is 0.582 bits per heavy atom. The van der Waals surface area contributed by atoms with Crippen molar-refractivity contribution in [1.29, 1.82) is 0 Å². The number of nitrogens with zero attached hydrogens (tertiary/aromatic N) is 1. The van der Waals surface area contributed by atoms with E-state index >= 15 is 0 Å². The van der Waals surface area contributed by atoms with Crippen LogP contribution in [-0.4, -0.2) is 27.8 Å². The molecule has 0 aliphatic heterocycles. The Bertz CT molecular complexity index is 2750. The highest BCUT2D eigenvalue weighted by Crippen LogP contribution is 2.21. The summed E-state index contributed by atoms with van der Waals surface area (Å²) < 4.78 is 0. The Labute approximate surface area is 403 Å². The lowest BCUT2D eigenvalue weighted by Gasteiger charge is -2.09. The zero-order valence-corrected chi connectivity index (χ0v) is 36.4. The van der Waals surface area contributed by atoms with Crippen molar-refractivity contribution in [3.8, 4) is 0 Å². The maximum Gasteiger partial charge on any atom is 0.255 e. The van der Waals surface area contributed by atoms with Crippen LogP contribution in [0.2, 0.25) is 5.02 Å². The highest BCUT2D eigenvalue weighted by atomic mass is 35.5. The van der Waals surface area contributed by atoms with Gasteiger partial charge < -0.3 is 26.8 Å². The van der Waals surface area contributed by atoms with Gasteiger partial charge in [0.15, 0.2) is 0 Å². The van der Waals surface area contributed by atoms with Gasteiger partial charge >= 0.3 is 0 Å². The summed E-state index contributed by atoms with van der Waals surface area (Å²) in [7, 11) is 0. The van der Waals surface area contributed by atoms with Gasteiger partial charge in [-0.2, -0.15) is 0 Å². The molecule has 10 heteroatoms. The van der Waals surface area contributed by atoms with E-state index in [1.165, 1.54) is 6.20 Å². The highest BCUT2D eigenvalue weighted by molar-refractivity contribution is 6.30. The van der Waals surface area contributed by atoms with Crippen LogP contribution in [0.25, 0.3) is 18.2 Å². The molecular formula is C57H66ClN5O4. The zero-order valence-electron chi connectivity index (χ0n) is 35.6. The number of hydrogen-bond donors (Lipinski definition) is 5. The molecule has 0 fully saturated rings. The van der Waals surface area contributed by atoms with Gasteiger partial charge in [-0.05, 0) is 123 Å². The number of pyridine rings is 1. The number of nitrogens with one attached hydrogen (secondary N) is 3. The molecule has 0 saturated carbocycles. The van der Waals surface area contributed by atoms with Gasteiger partial charge in [0.25, 0.3) is 17.7 Å². The number of nitrogens with two attached hydrogens (primary N) is 1. The van der Waals surface area contributed by atoms with Crippen LogP contribution in [0, 0.1) is 20.8 Å². The number of halogens is 1. The highest BCUT2D eigenvalue weighted by Gasteiger charge is 2.09. The van der Waals surface area contributed by atoms with Crippen LogP contribution < -0.4 is 21.7 Å². The minimum absolute atomic E-state index is 0. The quantitative estimate of drug-likeness (QED) is 0.0923. The SMILES string of the molecule is C.C.C.C.C=Cc1cccc(NC(=O)c2cccc(C)c2)c1.Cc1cccc(C(=O)Nc2cccc(/C=C/c3cc(Cl)cnc3N)c2)c1.Cc1cccc(C(=O)Nc2cccc(C(C)O)c2)c1. The lowest BCUT2D eigenvalue weighted by molar-refractivity contribution is 0.101. The Morgan fingerprint density at radius 3 is 1.42 bits per heavy atom. The summed E-state index contributed by atoms with van der Waals surface area (Å²) in [4.78, 5) is 40.5. The zero-order chi connectivity index (χ0) is 45.3. The van der Waals surface area contributed by atoms with Crippen LogP contribution in [0.15, 0.2) is 164 Å². The second kappa shape index (κ2) is 28.3. The van der Waals surface area contributed by atoms with Gasteiger partial charge in [0.05, 0.1) is 11.1 Å². The monoisotopic (exact) mass is 919 g/mol. The van der Waals surface area contributed by atoms with E-state index in [-0.39, 0.29) is 47.4 Å². The van der Waals surface area contributed by atoms with Crippen molar-refractivity contribution < 1.29 is 19.5 Å². The van der Waals surface area contributed by atoms with E-state index in [0.717, 1.165) is 50.3 Å². The van der Waals surface area contributed by atoms with Crippen molar-refractivity contribution in [3.63, 3.8) is 0 Å². The maximum atomic E-state index is 12.4. The van der Waals surface area contributed by atoms with Crippen LogP contribution in [0.1, 0.15) is 113 Å². The van der Waals surface area contributed by atoms with Crippen LogP contribution in [0.4, 0.5) is 22.9 Å². The number of nitrogen functional groups attached to an aromatic ring is 1. The predicted molar refractivity (Wildman–Crippen MR) is 287 cm³/mol. The van der Waals surface area contributed by atoms with E-state index in [2.05, 4.69) is 27.5 Å². The molecule has 0 saturated heterocycles. The summed E-state index contributed by atoms with van der Waals surface area (Å²) in [6.07, 6.45) is 6.45. The Morgan fingerprint density at radius 2 is 0.985 bits per heavy atom. The minimum atomic E-state index is -0.546. The molecule has 6 N–H and O–H groups in total. The standard InChI is InChI=1S/C21H18ClN3O.C16H17NO2.C16H15NO.4CH4/c1-14-4-2-6-17(10-14)21(26)25-19-7-3-5-15(11-19)8-9-16-12-18(22)13-24-20(16)23;1-11-5-3-7-14(9-11)16(19)17-15-8-4-6-13(10-15)12(2)18;1-3-13-7-5-9-15(11-13)17-16(18)14-8-4-6-12(2)10-14;;;;/h2-13H,1H3,(H2,23,24)(H,25,26);3-10,12,18H,1-2H3,(H,17,19);3-11H,1H2,2H3,(H,17,18);4*1H4/b9-8+;;;;;;. The molecule has 7 rings (SSSR count). The number of rotatable bonds is 10. The van der Waals surface area contributed by atoms with Gasteiger partial charge in [0.2, 0.25) is 0 Å². The summed E-state index contributed by atoms with van der Waals surface area (Å²) in [5, 5.41) is 18.7. The molecule has 1 atom stereocenters. The Balaban J connectivity index is 0.000000498. The molecule has 0 radical (unpaired) electrons.